The van der Waals surface area contributed by atoms with Gasteiger partial charge in [-0.3, -0.25) is 0 Å². The van der Waals surface area contributed by atoms with Crippen LogP contribution in [0, 0.1) is 5.82 Å². The molecule has 0 spiro atoms. The summed E-state index contributed by atoms with van der Waals surface area (Å²) in [5.74, 6) is 1.88. The minimum Gasteiger partial charge on any atom is -0.493 e. The number of para-hydroxylation sites is 2. The number of aromatic nitrogens is 2. The van der Waals surface area contributed by atoms with Gasteiger partial charge in [0.15, 0.2) is 11.5 Å². The number of fused-ring (bicyclic) bond motifs is 1. The number of hydrogen-bond donors (Lipinski definition) is 2. The molecule has 4 rings (SSSR count). The van der Waals surface area contributed by atoms with Crippen molar-refractivity contribution in [1.29, 1.82) is 0 Å². The lowest BCUT2D eigenvalue weighted by Gasteiger charge is -2.14. The summed E-state index contributed by atoms with van der Waals surface area (Å²) in [5.41, 5.74) is 3.85. The van der Waals surface area contributed by atoms with Crippen molar-refractivity contribution in [3.05, 3.63) is 88.5 Å². The van der Waals surface area contributed by atoms with Gasteiger partial charge in [0.25, 0.3) is 0 Å². The summed E-state index contributed by atoms with van der Waals surface area (Å²) in [5, 5.41) is 4.02. The normalized spacial score (nSPS) is 11.1. The van der Waals surface area contributed by atoms with E-state index < -0.39 is 0 Å². The van der Waals surface area contributed by atoms with Crippen LogP contribution in [0.4, 0.5) is 4.39 Å². The number of methoxy groups -OCH3 is 1. The van der Waals surface area contributed by atoms with Crippen molar-refractivity contribution in [2.24, 2.45) is 0 Å². The Morgan fingerprint density at radius 2 is 1.88 bits per heavy atom. The molecule has 1 heterocycles. The Bertz CT molecular complexity index is 1140. The van der Waals surface area contributed by atoms with Crippen LogP contribution >= 0.6 is 11.6 Å². The Balaban J connectivity index is 1.28. The highest BCUT2D eigenvalue weighted by Crippen LogP contribution is 2.34. The molecule has 0 radical (unpaired) electrons. The number of benzene rings is 3. The Hall–Kier alpha value is -3.09. The molecule has 3 aromatic carbocycles. The van der Waals surface area contributed by atoms with E-state index in [1.165, 1.54) is 12.1 Å². The molecule has 0 amide bonds. The van der Waals surface area contributed by atoms with Gasteiger partial charge in [0.05, 0.1) is 18.1 Å². The first-order valence-corrected chi connectivity index (χ1v) is 10.9. The fourth-order valence-corrected chi connectivity index (χ4v) is 3.68. The fraction of sp³-hybridized carbons (Fsp3) is 0.240. The summed E-state index contributed by atoms with van der Waals surface area (Å²) in [6.07, 6.45) is 1.82. The van der Waals surface area contributed by atoms with Crippen LogP contribution in [0.25, 0.3) is 11.0 Å². The smallest absolute Gasteiger partial charge is 0.163 e. The zero-order valence-electron chi connectivity index (χ0n) is 17.8. The second-order valence-corrected chi connectivity index (χ2v) is 7.90. The van der Waals surface area contributed by atoms with Crippen LogP contribution in [0.15, 0.2) is 60.7 Å². The average molecular weight is 454 g/mol. The fourth-order valence-electron chi connectivity index (χ4n) is 3.45. The Morgan fingerprint density at radius 3 is 2.66 bits per heavy atom. The molecule has 0 bridgehead atoms. The largest absolute Gasteiger partial charge is 0.493 e. The van der Waals surface area contributed by atoms with Crippen LogP contribution in [-0.4, -0.2) is 23.6 Å². The third kappa shape index (κ3) is 5.58. The van der Waals surface area contributed by atoms with Crippen molar-refractivity contribution >= 4 is 22.6 Å². The van der Waals surface area contributed by atoms with Gasteiger partial charge < -0.3 is 19.8 Å². The molecular weight excluding hydrogens is 429 g/mol. The SMILES string of the molecule is COc1cc(CNCCCc2nc3ccccc3[nH]2)c(Cl)cc1OCc1ccc(F)cc1. The van der Waals surface area contributed by atoms with Crippen LogP contribution in [-0.2, 0) is 19.6 Å². The Morgan fingerprint density at radius 1 is 1.06 bits per heavy atom. The van der Waals surface area contributed by atoms with Crippen molar-refractivity contribution in [3.63, 3.8) is 0 Å². The Labute approximate surface area is 191 Å². The van der Waals surface area contributed by atoms with Crippen molar-refractivity contribution in [3.8, 4) is 11.5 Å². The van der Waals surface area contributed by atoms with Gasteiger partial charge in [-0.05, 0) is 54.4 Å². The molecule has 0 fully saturated rings. The van der Waals surface area contributed by atoms with E-state index in [0.717, 1.165) is 47.4 Å². The van der Waals surface area contributed by atoms with Crippen molar-refractivity contribution in [2.45, 2.75) is 26.0 Å². The standard InChI is InChI=1S/C25H25ClFN3O2/c1-31-23-13-18(20(26)14-24(23)32-16-17-8-10-19(27)11-9-17)15-28-12-4-7-25-29-21-5-2-3-6-22(21)30-25/h2-3,5-6,8-11,13-14,28H,4,7,12,15-16H2,1H3,(H,29,30). The summed E-state index contributed by atoms with van der Waals surface area (Å²) in [7, 11) is 1.60. The predicted octanol–water partition coefficient (Wildman–Crippen LogP) is 5.67. The number of nitrogens with one attached hydrogen (secondary N) is 2. The van der Waals surface area contributed by atoms with Crippen LogP contribution in [0.2, 0.25) is 5.02 Å². The number of rotatable bonds is 10. The van der Waals surface area contributed by atoms with Crippen molar-refractivity contribution in [1.82, 2.24) is 15.3 Å². The van der Waals surface area contributed by atoms with Gasteiger partial charge in [0, 0.05) is 24.1 Å². The van der Waals surface area contributed by atoms with Gasteiger partial charge in [-0.25, -0.2) is 9.37 Å². The summed E-state index contributed by atoms with van der Waals surface area (Å²) in [4.78, 5) is 7.96. The maximum Gasteiger partial charge on any atom is 0.163 e. The highest BCUT2D eigenvalue weighted by Gasteiger charge is 2.11. The molecule has 0 unspecified atom stereocenters. The lowest BCUT2D eigenvalue weighted by atomic mass is 10.2. The van der Waals surface area contributed by atoms with Gasteiger partial charge in [-0.1, -0.05) is 35.9 Å². The second-order valence-electron chi connectivity index (χ2n) is 7.49. The molecular formula is C25H25ClFN3O2. The highest BCUT2D eigenvalue weighted by atomic mass is 35.5. The van der Waals surface area contributed by atoms with Crippen LogP contribution < -0.4 is 14.8 Å². The van der Waals surface area contributed by atoms with E-state index in [1.807, 2.05) is 30.3 Å². The molecule has 32 heavy (non-hydrogen) atoms. The molecule has 5 nitrogen and oxygen atoms in total. The molecule has 4 aromatic rings. The minimum absolute atomic E-state index is 0.274. The van der Waals surface area contributed by atoms with Gasteiger partial charge in [0.2, 0.25) is 0 Å². The monoisotopic (exact) mass is 453 g/mol. The number of halogens is 2. The number of H-pyrrole nitrogens is 1. The first kappa shape index (κ1) is 22.1. The van der Waals surface area contributed by atoms with E-state index >= 15 is 0 Å². The summed E-state index contributed by atoms with van der Waals surface area (Å²) in [6.45, 7) is 1.75. The molecule has 7 heteroatoms. The Kier molecular flexibility index (Phi) is 7.24. The van der Waals surface area contributed by atoms with E-state index in [1.54, 1.807) is 25.3 Å². The molecule has 0 aliphatic heterocycles. The molecule has 0 aliphatic rings. The second kappa shape index (κ2) is 10.5. The van der Waals surface area contributed by atoms with Crippen LogP contribution in [0.1, 0.15) is 23.4 Å². The minimum atomic E-state index is -0.274. The summed E-state index contributed by atoms with van der Waals surface area (Å²) < 4.78 is 24.4. The van der Waals surface area contributed by atoms with Gasteiger partial charge in [0.1, 0.15) is 18.2 Å². The first-order chi connectivity index (χ1) is 15.6. The predicted molar refractivity (Wildman–Crippen MR) is 125 cm³/mol. The molecule has 0 saturated carbocycles. The number of imidazole rings is 1. The van der Waals surface area contributed by atoms with Gasteiger partial charge in [-0.15, -0.1) is 0 Å². The topological polar surface area (TPSA) is 59.2 Å². The third-order valence-electron chi connectivity index (χ3n) is 5.16. The number of ether oxygens (including phenoxy) is 2. The van der Waals surface area contributed by atoms with Crippen LogP contribution in [0.5, 0.6) is 11.5 Å². The third-order valence-corrected chi connectivity index (χ3v) is 5.51. The lowest BCUT2D eigenvalue weighted by molar-refractivity contribution is 0.284. The van der Waals surface area contributed by atoms with E-state index in [4.69, 9.17) is 21.1 Å². The maximum absolute atomic E-state index is 13.1. The summed E-state index contributed by atoms with van der Waals surface area (Å²) in [6, 6.07) is 17.9. The molecule has 0 atom stereocenters. The first-order valence-electron chi connectivity index (χ1n) is 10.5. The van der Waals surface area contributed by atoms with E-state index in [0.29, 0.717) is 29.7 Å². The van der Waals surface area contributed by atoms with E-state index in [9.17, 15) is 4.39 Å². The molecule has 0 saturated heterocycles. The van der Waals surface area contributed by atoms with Gasteiger partial charge >= 0.3 is 0 Å². The van der Waals surface area contributed by atoms with E-state index in [-0.39, 0.29) is 5.82 Å². The number of aromatic amines is 1. The van der Waals surface area contributed by atoms with Crippen LogP contribution in [0.3, 0.4) is 0 Å². The van der Waals surface area contributed by atoms with Crippen molar-refractivity contribution < 1.29 is 13.9 Å². The maximum atomic E-state index is 13.1. The quantitative estimate of drug-likeness (QED) is 0.304. The summed E-state index contributed by atoms with van der Waals surface area (Å²) >= 11 is 6.47. The number of aryl methyl sites for hydroxylation is 1. The van der Waals surface area contributed by atoms with Crippen molar-refractivity contribution in [2.75, 3.05) is 13.7 Å². The number of hydrogen-bond acceptors (Lipinski definition) is 4. The lowest BCUT2D eigenvalue weighted by Crippen LogP contribution is -2.16. The molecule has 1 aromatic heterocycles. The molecule has 0 aliphatic carbocycles. The highest BCUT2D eigenvalue weighted by molar-refractivity contribution is 6.31. The molecule has 166 valence electrons. The number of nitrogens with zero attached hydrogens (tertiary/aromatic N) is 1. The zero-order valence-corrected chi connectivity index (χ0v) is 18.6. The van der Waals surface area contributed by atoms with Gasteiger partial charge in [-0.2, -0.15) is 0 Å². The van der Waals surface area contributed by atoms with E-state index in [2.05, 4.69) is 15.3 Å². The average Bonchev–Trinajstić information content (AvgIpc) is 3.22. The molecule has 2 N–H and O–H groups in total. The zero-order chi connectivity index (χ0) is 22.3.